The zero-order valence-corrected chi connectivity index (χ0v) is 10.9. The fraction of sp³-hybridized carbons (Fsp3) is 0.455. The smallest absolute Gasteiger partial charge is 0.0710 e. The highest BCUT2D eigenvalue weighted by Gasteiger charge is 2.09. The second-order valence-corrected chi connectivity index (χ2v) is 4.75. The van der Waals surface area contributed by atoms with Gasteiger partial charge in [0.25, 0.3) is 0 Å². The molecular formula is C11H16INO. The summed E-state index contributed by atoms with van der Waals surface area (Å²) in [6.45, 7) is 5.85. The summed E-state index contributed by atoms with van der Waals surface area (Å²) >= 11 is 2.31. The molecule has 78 valence electrons. The minimum atomic E-state index is -0.340. The molecule has 0 aromatic heterocycles. The van der Waals surface area contributed by atoms with E-state index in [2.05, 4.69) is 40.9 Å². The van der Waals surface area contributed by atoms with Crippen LogP contribution in [0.25, 0.3) is 0 Å². The molecule has 0 radical (unpaired) electrons. The topological polar surface area (TPSA) is 32.3 Å². The van der Waals surface area contributed by atoms with Gasteiger partial charge in [-0.2, -0.15) is 0 Å². The Kier molecular flexibility index (Phi) is 4.19. The molecule has 2 atom stereocenters. The summed E-state index contributed by atoms with van der Waals surface area (Å²) in [5.74, 6) is 0. The second-order valence-electron chi connectivity index (χ2n) is 3.59. The molecule has 1 rings (SSSR count). The first-order valence-electron chi connectivity index (χ1n) is 4.72. The minimum absolute atomic E-state index is 0.0758. The van der Waals surface area contributed by atoms with Crippen molar-refractivity contribution in [3.8, 4) is 0 Å². The molecule has 0 spiro atoms. The van der Waals surface area contributed by atoms with Gasteiger partial charge in [-0.15, -0.1) is 0 Å². The van der Waals surface area contributed by atoms with Gasteiger partial charge in [-0.3, -0.25) is 0 Å². The summed E-state index contributed by atoms with van der Waals surface area (Å²) in [6.07, 6.45) is -0.340. The number of anilines is 1. The Morgan fingerprint density at radius 3 is 2.57 bits per heavy atom. The molecule has 0 aliphatic carbocycles. The van der Waals surface area contributed by atoms with Crippen LogP contribution >= 0.6 is 22.6 Å². The van der Waals surface area contributed by atoms with Crippen molar-refractivity contribution in [3.05, 3.63) is 27.3 Å². The van der Waals surface area contributed by atoms with Crippen molar-refractivity contribution in [2.24, 2.45) is 0 Å². The summed E-state index contributed by atoms with van der Waals surface area (Å²) < 4.78 is 1.24. The van der Waals surface area contributed by atoms with Crippen molar-refractivity contribution in [1.29, 1.82) is 0 Å². The van der Waals surface area contributed by atoms with E-state index >= 15 is 0 Å². The van der Waals surface area contributed by atoms with E-state index in [4.69, 9.17) is 0 Å². The maximum atomic E-state index is 9.38. The molecule has 0 saturated heterocycles. The summed E-state index contributed by atoms with van der Waals surface area (Å²) in [5, 5.41) is 12.7. The first kappa shape index (κ1) is 11.8. The highest BCUT2D eigenvalue weighted by atomic mass is 127. The Labute approximate surface area is 98.9 Å². The van der Waals surface area contributed by atoms with Gasteiger partial charge in [0.1, 0.15) is 0 Å². The predicted molar refractivity (Wildman–Crippen MR) is 68.7 cm³/mol. The minimum Gasteiger partial charge on any atom is -0.391 e. The monoisotopic (exact) mass is 305 g/mol. The Balaban J connectivity index is 2.82. The van der Waals surface area contributed by atoms with Gasteiger partial charge in [0.15, 0.2) is 0 Å². The van der Waals surface area contributed by atoms with Gasteiger partial charge >= 0.3 is 0 Å². The third kappa shape index (κ3) is 2.85. The van der Waals surface area contributed by atoms with E-state index in [1.54, 1.807) is 6.92 Å². The highest BCUT2D eigenvalue weighted by Crippen LogP contribution is 2.21. The Bertz CT molecular complexity index is 312. The number of hydrogen-bond donors (Lipinski definition) is 2. The molecule has 0 amide bonds. The molecule has 2 nitrogen and oxygen atoms in total. The third-order valence-corrected chi connectivity index (χ3v) is 3.54. The largest absolute Gasteiger partial charge is 0.391 e. The molecule has 1 aromatic carbocycles. The number of rotatable bonds is 3. The van der Waals surface area contributed by atoms with E-state index in [9.17, 15) is 5.11 Å². The van der Waals surface area contributed by atoms with Gasteiger partial charge < -0.3 is 10.4 Å². The molecule has 14 heavy (non-hydrogen) atoms. The highest BCUT2D eigenvalue weighted by molar-refractivity contribution is 14.1. The van der Waals surface area contributed by atoms with Crippen LogP contribution in [0.5, 0.6) is 0 Å². The van der Waals surface area contributed by atoms with Crippen molar-refractivity contribution >= 4 is 28.3 Å². The van der Waals surface area contributed by atoms with Crippen molar-refractivity contribution in [3.63, 3.8) is 0 Å². The normalized spacial score (nSPS) is 14.9. The number of aliphatic hydroxyl groups excluding tert-OH is 1. The first-order valence-corrected chi connectivity index (χ1v) is 5.80. The quantitative estimate of drug-likeness (QED) is 0.842. The van der Waals surface area contributed by atoms with Crippen LogP contribution < -0.4 is 5.32 Å². The van der Waals surface area contributed by atoms with Gasteiger partial charge in [0.05, 0.1) is 6.10 Å². The van der Waals surface area contributed by atoms with Crippen LogP contribution in [0.2, 0.25) is 0 Å². The van der Waals surface area contributed by atoms with E-state index in [1.807, 2.05) is 19.1 Å². The molecule has 0 aliphatic rings. The summed E-state index contributed by atoms with van der Waals surface area (Å²) in [5.41, 5.74) is 2.34. The van der Waals surface area contributed by atoms with E-state index in [0.29, 0.717) is 0 Å². The van der Waals surface area contributed by atoms with E-state index in [0.717, 1.165) is 5.69 Å². The Morgan fingerprint density at radius 1 is 1.36 bits per heavy atom. The fourth-order valence-electron chi connectivity index (χ4n) is 1.13. The molecule has 0 heterocycles. The van der Waals surface area contributed by atoms with Gasteiger partial charge in [0, 0.05) is 15.3 Å². The van der Waals surface area contributed by atoms with Gasteiger partial charge in [-0.25, -0.2) is 0 Å². The zero-order chi connectivity index (χ0) is 10.7. The second kappa shape index (κ2) is 4.98. The fourth-order valence-corrected chi connectivity index (χ4v) is 1.63. The van der Waals surface area contributed by atoms with Crippen LogP contribution in [0, 0.1) is 10.5 Å². The van der Waals surface area contributed by atoms with Crippen molar-refractivity contribution in [2.75, 3.05) is 5.32 Å². The van der Waals surface area contributed by atoms with E-state index in [1.165, 1.54) is 9.13 Å². The zero-order valence-electron chi connectivity index (χ0n) is 8.71. The SMILES string of the molecule is Cc1c(I)cccc1NC(C)C(C)O. The van der Waals surface area contributed by atoms with Crippen molar-refractivity contribution in [1.82, 2.24) is 0 Å². The van der Waals surface area contributed by atoms with Gasteiger partial charge in [0.2, 0.25) is 0 Å². The molecule has 2 N–H and O–H groups in total. The summed E-state index contributed by atoms with van der Waals surface area (Å²) in [6, 6.07) is 6.21. The van der Waals surface area contributed by atoms with Crippen LogP contribution in [0.15, 0.2) is 18.2 Å². The Hall–Kier alpha value is -0.290. The van der Waals surface area contributed by atoms with Crippen molar-refractivity contribution in [2.45, 2.75) is 32.9 Å². The first-order chi connectivity index (χ1) is 6.52. The van der Waals surface area contributed by atoms with Crippen LogP contribution in [0.1, 0.15) is 19.4 Å². The number of nitrogens with one attached hydrogen (secondary N) is 1. The lowest BCUT2D eigenvalue weighted by Gasteiger charge is -2.19. The number of benzene rings is 1. The van der Waals surface area contributed by atoms with Crippen LogP contribution in [0.3, 0.4) is 0 Å². The van der Waals surface area contributed by atoms with Crippen LogP contribution in [-0.4, -0.2) is 17.3 Å². The summed E-state index contributed by atoms with van der Waals surface area (Å²) in [7, 11) is 0. The number of aliphatic hydroxyl groups is 1. The van der Waals surface area contributed by atoms with E-state index in [-0.39, 0.29) is 12.1 Å². The maximum Gasteiger partial charge on any atom is 0.0710 e. The molecular weight excluding hydrogens is 289 g/mol. The lowest BCUT2D eigenvalue weighted by atomic mass is 10.1. The molecule has 0 bridgehead atoms. The predicted octanol–water partition coefficient (Wildman–Crippen LogP) is 2.78. The number of hydrogen-bond acceptors (Lipinski definition) is 2. The van der Waals surface area contributed by atoms with Gasteiger partial charge in [-0.1, -0.05) is 6.07 Å². The molecule has 0 aliphatic heterocycles. The van der Waals surface area contributed by atoms with E-state index < -0.39 is 0 Å². The molecule has 0 saturated carbocycles. The van der Waals surface area contributed by atoms with Crippen LogP contribution in [-0.2, 0) is 0 Å². The summed E-state index contributed by atoms with van der Waals surface area (Å²) in [4.78, 5) is 0. The Morgan fingerprint density at radius 2 is 2.00 bits per heavy atom. The number of halogens is 1. The molecule has 1 aromatic rings. The molecule has 3 heteroatoms. The molecule has 0 fully saturated rings. The molecule has 2 unspecified atom stereocenters. The average Bonchev–Trinajstić information content (AvgIpc) is 2.12. The third-order valence-electron chi connectivity index (χ3n) is 2.37. The van der Waals surface area contributed by atoms with Crippen LogP contribution in [0.4, 0.5) is 5.69 Å². The standard InChI is InChI=1S/C11H16INO/c1-7-10(12)5-4-6-11(7)13-8(2)9(3)14/h4-6,8-9,13-14H,1-3H3. The average molecular weight is 305 g/mol. The maximum absolute atomic E-state index is 9.38. The lowest BCUT2D eigenvalue weighted by Crippen LogP contribution is -2.28. The van der Waals surface area contributed by atoms with Gasteiger partial charge in [-0.05, 0) is 61.1 Å². The van der Waals surface area contributed by atoms with Crippen molar-refractivity contribution < 1.29 is 5.11 Å². The lowest BCUT2D eigenvalue weighted by molar-refractivity contribution is 0.178.